The molecule has 0 unspecified atom stereocenters. The number of aromatic nitrogens is 9. The first-order valence-corrected chi connectivity index (χ1v) is 44.6. The van der Waals surface area contributed by atoms with E-state index in [0.717, 1.165) is 101 Å². The number of para-hydroxylation sites is 3. The van der Waals surface area contributed by atoms with Crippen molar-refractivity contribution in [3.8, 4) is 108 Å². The van der Waals surface area contributed by atoms with Crippen LogP contribution < -0.4 is 0 Å². The molecule has 0 saturated heterocycles. The lowest BCUT2D eigenvalue weighted by Crippen LogP contribution is -2.04. The van der Waals surface area contributed by atoms with Crippen molar-refractivity contribution in [2.75, 3.05) is 0 Å². The molecule has 0 bridgehead atoms. The molecule has 0 saturated carbocycles. The predicted molar refractivity (Wildman–Crippen MR) is 545 cm³/mol. The van der Waals surface area contributed by atoms with E-state index in [1.807, 2.05) is 119 Å². The van der Waals surface area contributed by atoms with Gasteiger partial charge in [-0.25, -0.2) is 29.9 Å². The Morgan fingerprint density at radius 1 is 0.172 bits per heavy atom. The normalized spacial score (nSPS) is 11.5. The molecule has 0 amide bonds. The second-order valence-electron chi connectivity index (χ2n) is 31.5. The Kier molecular flexibility index (Phi) is 20.1. The molecule has 9 nitrogen and oxygen atoms in total. The molecule has 606 valence electrons. The molecule has 0 fully saturated rings. The number of benzene rings is 17. The van der Waals surface area contributed by atoms with Crippen molar-refractivity contribution >= 4 is 160 Å². The molecule has 128 heavy (non-hydrogen) atoms. The summed E-state index contributed by atoms with van der Waals surface area (Å²) in [7, 11) is 0. The highest BCUT2D eigenvalue weighted by Gasteiger charge is 2.24. The summed E-state index contributed by atoms with van der Waals surface area (Å²) < 4.78 is 14.9. The summed E-state index contributed by atoms with van der Waals surface area (Å²) in [5.74, 6) is 2.11. The fourth-order valence-electron chi connectivity index (χ4n) is 18.2. The summed E-state index contributed by atoms with van der Waals surface area (Å²) >= 11 is 5.57. The first kappa shape index (κ1) is 78.0. The van der Waals surface area contributed by atoms with Crippen LogP contribution in [0.3, 0.4) is 0 Å². The average molecular weight is 1700 g/mol. The quantitative estimate of drug-likeness (QED) is 0.128. The number of thiophene rings is 3. The minimum Gasteiger partial charge on any atom is -0.309 e. The van der Waals surface area contributed by atoms with Gasteiger partial charge in [-0.1, -0.05) is 330 Å². The van der Waals surface area contributed by atoms with Crippen molar-refractivity contribution in [1.82, 2.24) is 43.6 Å². The third-order valence-corrected chi connectivity index (χ3v) is 27.6. The van der Waals surface area contributed by atoms with Crippen molar-refractivity contribution in [2.24, 2.45) is 0 Å². The van der Waals surface area contributed by atoms with Gasteiger partial charge in [-0.15, -0.1) is 34.0 Å². The van der Waals surface area contributed by atoms with Gasteiger partial charge in [0.05, 0.1) is 76.7 Å². The molecule has 0 atom stereocenters. The molecule has 12 heteroatoms. The van der Waals surface area contributed by atoms with Crippen molar-refractivity contribution in [3.05, 3.63) is 431 Å². The van der Waals surface area contributed by atoms with Crippen LogP contribution in [0.1, 0.15) is 14.9 Å². The maximum atomic E-state index is 5.19. The van der Waals surface area contributed by atoms with Crippen LogP contribution in [0.15, 0.2) is 431 Å². The zero-order valence-electron chi connectivity index (χ0n) is 67.7. The highest BCUT2D eigenvalue weighted by atomic mass is 32.1. The van der Waals surface area contributed by atoms with E-state index in [1.54, 1.807) is 0 Å². The third kappa shape index (κ3) is 13.8. The molecule has 17 aromatic carbocycles. The van der Waals surface area contributed by atoms with Crippen LogP contribution in [-0.4, -0.2) is 43.6 Å². The molecule has 0 aliphatic heterocycles. The van der Waals surface area contributed by atoms with Gasteiger partial charge in [-0.2, -0.15) is 0 Å². The Labute approximate surface area is 751 Å². The Bertz CT molecular complexity index is 8510. The van der Waals surface area contributed by atoms with E-state index in [4.69, 9.17) is 29.9 Å². The molecule has 26 aromatic rings. The summed E-state index contributed by atoms with van der Waals surface area (Å²) in [6, 6.07) is 152. The highest BCUT2D eigenvalue weighted by molar-refractivity contribution is 7.27. The van der Waals surface area contributed by atoms with Crippen LogP contribution in [0.2, 0.25) is 0 Å². The van der Waals surface area contributed by atoms with Crippen molar-refractivity contribution in [3.63, 3.8) is 0 Å². The van der Waals surface area contributed by atoms with Crippen molar-refractivity contribution in [2.45, 2.75) is 14.9 Å². The summed E-state index contributed by atoms with van der Waals surface area (Å²) in [5.41, 5.74) is 23.2. The molecule has 0 aliphatic carbocycles. The zero-order valence-corrected chi connectivity index (χ0v) is 70.2. The fourth-order valence-corrected chi connectivity index (χ4v) is 21.8. The predicted octanol–water partition coefficient (Wildman–Crippen LogP) is 32.4. The smallest absolute Gasteiger partial charge is 0.235 e. The number of fused-ring (bicyclic) bond motifs is 20. The van der Waals surface area contributed by atoms with Crippen LogP contribution in [0, 0.1) is 0 Å². The van der Waals surface area contributed by atoms with Crippen LogP contribution in [0.5, 0.6) is 0 Å². The average Bonchev–Trinajstić information content (AvgIpc) is 1.57. The molecule has 9 aromatic heterocycles. The van der Waals surface area contributed by atoms with E-state index in [9.17, 15) is 0 Å². The van der Waals surface area contributed by atoms with E-state index in [2.05, 4.69) is 359 Å². The molecule has 0 spiro atoms. The molecule has 0 N–H and O–H groups in total. The second-order valence-corrected chi connectivity index (χ2v) is 34.7. The Morgan fingerprint density at radius 2 is 0.461 bits per heavy atom. The number of rotatable bonds is 11. The van der Waals surface area contributed by atoms with E-state index < -0.39 is 0 Å². The van der Waals surface area contributed by atoms with Gasteiger partial charge >= 0.3 is 0 Å². The van der Waals surface area contributed by atoms with Gasteiger partial charge in [0, 0.05) is 139 Å². The van der Waals surface area contributed by atoms with Gasteiger partial charge in [0.2, 0.25) is 5.95 Å². The Balaban J connectivity index is 0.000000113. The van der Waals surface area contributed by atoms with Gasteiger partial charge in [0.1, 0.15) is 0 Å². The lowest BCUT2D eigenvalue weighted by molar-refractivity contribution is 0.998. The first-order valence-electron chi connectivity index (χ1n) is 42.2. The SMILES string of the molecule is C.C.c1ccc(-c2cc(-c3ccccc3)nc(-c3ccc(-n4c5ccccc5c5cc6c(cc54)sc4ccccc46)cc3)n2)cc1.c1ccc(-c2cc(-c3ccccc3)nc(-c3ccc(-n4c5ccccc5c5ccc6c7ccccc7sc6c54)cc3)n2)cc1.c1ccc(-c2cc(-c3ccccc3)nc(-n3c4ccccc4c4ccc5c6ccccc6sc5c43)n2)cc1. The third-order valence-electron chi connectivity index (χ3n) is 24.1. The summed E-state index contributed by atoms with van der Waals surface area (Å²) in [6.45, 7) is 0. The van der Waals surface area contributed by atoms with E-state index in [0.29, 0.717) is 17.6 Å². The monoisotopic (exact) mass is 1690 g/mol. The number of nitrogens with zero attached hydrogens (tertiary/aromatic N) is 9. The Morgan fingerprint density at radius 3 is 0.852 bits per heavy atom. The molecule has 26 rings (SSSR count). The maximum Gasteiger partial charge on any atom is 0.235 e. The fraction of sp³-hybridized carbons (Fsp3) is 0.0172. The first-order chi connectivity index (χ1) is 62.5. The molecule has 0 radical (unpaired) electrons. The van der Waals surface area contributed by atoms with Gasteiger partial charge in [-0.05, 0) is 115 Å². The lowest BCUT2D eigenvalue weighted by Gasteiger charge is -2.12. The zero-order chi connectivity index (χ0) is 83.1. The van der Waals surface area contributed by atoms with Gasteiger partial charge < -0.3 is 9.13 Å². The highest BCUT2D eigenvalue weighted by Crippen LogP contribution is 2.47. The maximum absolute atomic E-state index is 5.19. The largest absolute Gasteiger partial charge is 0.309 e. The van der Waals surface area contributed by atoms with Crippen LogP contribution in [0.4, 0.5) is 0 Å². The summed E-state index contributed by atoms with van der Waals surface area (Å²) in [6.07, 6.45) is 0. The number of hydrogen-bond donors (Lipinski definition) is 0. The van der Waals surface area contributed by atoms with Gasteiger partial charge in [0.25, 0.3) is 0 Å². The molecule has 0 aliphatic rings. The van der Waals surface area contributed by atoms with Crippen LogP contribution in [-0.2, 0) is 0 Å². The van der Waals surface area contributed by atoms with E-state index >= 15 is 0 Å². The topological polar surface area (TPSA) is 92.1 Å². The minimum atomic E-state index is 0. The van der Waals surface area contributed by atoms with Crippen LogP contribution in [0.25, 0.3) is 234 Å². The standard InChI is InChI=1S/2C40H25N3S.C34H21N3S.2CH4/c1-3-11-26(12-4-1)34-24-35(27-13-5-2-6-14-27)42-40(41-34)28-19-21-29(22-20-28)43-36-17-9-7-15-30(36)32-23-33-31-16-8-10-18-38(31)44-39(33)25-37(32)43;1-3-11-26(12-4-1)34-25-35(27-13-5-2-6-14-27)42-40(41-34)28-19-21-29(22-20-28)43-36-17-9-7-15-30(36)32-23-24-33-31-16-8-10-18-37(31)44-39(33)38(32)43;1-3-11-22(12-4-1)28-21-29(23-13-5-2-6-14-23)36-34(35-28)37-30-17-9-7-15-24(30)26-19-20-27-25-16-8-10-18-31(25)38-33(27)32(26)37;;/h2*1-25H;1-21H;2*1H4. The summed E-state index contributed by atoms with van der Waals surface area (Å²) in [5, 5.41) is 15.3. The van der Waals surface area contributed by atoms with Crippen molar-refractivity contribution < 1.29 is 0 Å². The van der Waals surface area contributed by atoms with Gasteiger partial charge in [0.15, 0.2) is 11.6 Å². The molecule has 9 heterocycles. The second kappa shape index (κ2) is 32.9. The van der Waals surface area contributed by atoms with Crippen LogP contribution >= 0.6 is 34.0 Å². The lowest BCUT2D eigenvalue weighted by atomic mass is 10.1. The van der Waals surface area contributed by atoms with E-state index in [1.165, 1.54) is 115 Å². The minimum absolute atomic E-state index is 0. The number of hydrogen-bond acceptors (Lipinski definition) is 9. The summed E-state index contributed by atoms with van der Waals surface area (Å²) in [4.78, 5) is 30.5. The van der Waals surface area contributed by atoms with E-state index in [-0.39, 0.29) is 14.9 Å². The molecular formula is C116H79N9S3. The van der Waals surface area contributed by atoms with Gasteiger partial charge in [-0.3, -0.25) is 4.57 Å². The molecular weight excluding hydrogens is 1620 g/mol. The van der Waals surface area contributed by atoms with Crippen molar-refractivity contribution in [1.29, 1.82) is 0 Å². The Hall–Kier alpha value is -16.0.